The monoisotopic (exact) mass is 234 g/mol. The van der Waals surface area contributed by atoms with Crippen LogP contribution < -0.4 is 5.32 Å². The second-order valence-electron chi connectivity index (χ2n) is 4.91. The van der Waals surface area contributed by atoms with E-state index in [0.29, 0.717) is 12.1 Å². The van der Waals surface area contributed by atoms with Crippen LogP contribution in [0.15, 0.2) is 18.3 Å². The summed E-state index contributed by atoms with van der Waals surface area (Å²) in [6.07, 6.45) is 7.27. The average Bonchev–Trinajstić information content (AvgIpc) is 2.38. The summed E-state index contributed by atoms with van der Waals surface area (Å²) in [5.74, 6) is 0. The minimum Gasteiger partial charge on any atom is -0.381 e. The largest absolute Gasteiger partial charge is 0.381 e. The van der Waals surface area contributed by atoms with Gasteiger partial charge in [0.2, 0.25) is 0 Å². The zero-order valence-electron chi connectivity index (χ0n) is 10.8. The van der Waals surface area contributed by atoms with Crippen LogP contribution in [-0.4, -0.2) is 24.2 Å². The Kier molecular flexibility index (Phi) is 4.51. The van der Waals surface area contributed by atoms with Crippen molar-refractivity contribution in [2.45, 2.75) is 51.3 Å². The molecular weight excluding hydrogens is 212 g/mol. The molecule has 0 aromatic carbocycles. The van der Waals surface area contributed by atoms with Gasteiger partial charge in [-0.25, -0.2) is 0 Å². The van der Waals surface area contributed by atoms with Gasteiger partial charge < -0.3 is 10.1 Å². The molecule has 0 amide bonds. The van der Waals surface area contributed by atoms with Crippen LogP contribution in [0.4, 0.5) is 0 Å². The lowest BCUT2D eigenvalue weighted by Gasteiger charge is -2.28. The van der Waals surface area contributed by atoms with Crippen molar-refractivity contribution in [3.8, 4) is 0 Å². The topological polar surface area (TPSA) is 34.1 Å². The summed E-state index contributed by atoms with van der Waals surface area (Å²) < 4.78 is 5.44. The minimum absolute atomic E-state index is 0.442. The fourth-order valence-corrected chi connectivity index (χ4v) is 2.41. The van der Waals surface area contributed by atoms with Crippen molar-refractivity contribution in [2.24, 2.45) is 0 Å². The highest BCUT2D eigenvalue weighted by molar-refractivity contribution is 5.12. The predicted molar refractivity (Wildman–Crippen MR) is 68.9 cm³/mol. The molecular formula is C14H22N2O. The van der Waals surface area contributed by atoms with Crippen LogP contribution in [0.3, 0.4) is 0 Å². The average molecular weight is 234 g/mol. The number of hydrogen-bond acceptors (Lipinski definition) is 3. The van der Waals surface area contributed by atoms with Crippen LogP contribution >= 0.6 is 0 Å². The molecule has 94 valence electrons. The third kappa shape index (κ3) is 3.79. The van der Waals surface area contributed by atoms with Crippen LogP contribution in [0, 0.1) is 6.92 Å². The van der Waals surface area contributed by atoms with Crippen LogP contribution in [-0.2, 0) is 11.3 Å². The Bertz CT molecular complexity index is 337. The van der Waals surface area contributed by atoms with Crippen molar-refractivity contribution in [3.05, 3.63) is 29.6 Å². The minimum atomic E-state index is 0.442. The van der Waals surface area contributed by atoms with Gasteiger partial charge in [0.15, 0.2) is 0 Å². The van der Waals surface area contributed by atoms with Crippen LogP contribution in [0.25, 0.3) is 0 Å². The first-order chi connectivity index (χ1) is 8.28. The molecule has 0 radical (unpaired) electrons. The summed E-state index contributed by atoms with van der Waals surface area (Å²) in [7, 11) is 1.82. The molecule has 2 unspecified atom stereocenters. The Morgan fingerprint density at radius 2 is 2.29 bits per heavy atom. The van der Waals surface area contributed by atoms with Crippen molar-refractivity contribution in [1.82, 2.24) is 10.3 Å². The molecule has 1 saturated carbocycles. The van der Waals surface area contributed by atoms with Crippen LogP contribution in [0.2, 0.25) is 0 Å². The summed E-state index contributed by atoms with van der Waals surface area (Å²) in [4.78, 5) is 4.31. The quantitative estimate of drug-likeness (QED) is 0.869. The molecule has 1 N–H and O–H groups in total. The van der Waals surface area contributed by atoms with E-state index in [4.69, 9.17) is 4.74 Å². The molecule has 17 heavy (non-hydrogen) atoms. The summed E-state index contributed by atoms with van der Waals surface area (Å²) in [5, 5.41) is 3.60. The molecule has 1 aromatic heterocycles. The van der Waals surface area contributed by atoms with Gasteiger partial charge in [-0.05, 0) is 44.2 Å². The van der Waals surface area contributed by atoms with Gasteiger partial charge >= 0.3 is 0 Å². The zero-order valence-corrected chi connectivity index (χ0v) is 10.8. The predicted octanol–water partition coefficient (Wildman–Crippen LogP) is 2.44. The lowest BCUT2D eigenvalue weighted by Crippen LogP contribution is -2.36. The normalized spacial score (nSPS) is 24.8. The molecule has 1 aliphatic carbocycles. The third-order valence-electron chi connectivity index (χ3n) is 3.53. The van der Waals surface area contributed by atoms with Crippen LogP contribution in [0.1, 0.15) is 36.9 Å². The van der Waals surface area contributed by atoms with E-state index in [2.05, 4.69) is 22.4 Å². The number of aromatic nitrogens is 1. The number of nitrogens with one attached hydrogen (secondary N) is 1. The molecule has 1 heterocycles. The van der Waals surface area contributed by atoms with Crippen molar-refractivity contribution in [3.63, 3.8) is 0 Å². The van der Waals surface area contributed by atoms with E-state index < -0.39 is 0 Å². The molecule has 0 spiro atoms. The van der Waals surface area contributed by atoms with Crippen molar-refractivity contribution >= 4 is 0 Å². The van der Waals surface area contributed by atoms with E-state index in [0.717, 1.165) is 18.7 Å². The molecule has 2 atom stereocenters. The maximum atomic E-state index is 5.44. The highest BCUT2D eigenvalue weighted by Gasteiger charge is 2.20. The van der Waals surface area contributed by atoms with E-state index in [9.17, 15) is 0 Å². The number of aryl methyl sites for hydroxylation is 1. The SMILES string of the molecule is COC1CCCC(NCc2ccc(C)nc2)C1. The van der Waals surface area contributed by atoms with E-state index in [1.165, 1.54) is 24.8 Å². The van der Waals surface area contributed by atoms with Gasteiger partial charge in [-0.15, -0.1) is 0 Å². The lowest BCUT2D eigenvalue weighted by atomic mass is 9.93. The summed E-state index contributed by atoms with van der Waals surface area (Å²) in [5.41, 5.74) is 2.33. The van der Waals surface area contributed by atoms with Gasteiger partial charge in [0, 0.05) is 31.6 Å². The highest BCUT2D eigenvalue weighted by Crippen LogP contribution is 2.20. The first-order valence-corrected chi connectivity index (χ1v) is 6.45. The standard InChI is InChI=1S/C14H22N2O/c1-11-6-7-12(9-15-11)10-16-13-4-3-5-14(8-13)17-2/h6-7,9,13-14,16H,3-5,8,10H2,1-2H3. The number of ether oxygens (including phenoxy) is 1. The Morgan fingerprint density at radius 3 is 3.00 bits per heavy atom. The molecule has 3 nitrogen and oxygen atoms in total. The Morgan fingerprint density at radius 1 is 1.41 bits per heavy atom. The van der Waals surface area contributed by atoms with Gasteiger partial charge in [0.25, 0.3) is 0 Å². The van der Waals surface area contributed by atoms with E-state index in [1.807, 2.05) is 20.2 Å². The van der Waals surface area contributed by atoms with Crippen molar-refractivity contribution in [1.29, 1.82) is 0 Å². The summed E-state index contributed by atoms with van der Waals surface area (Å²) in [6, 6.07) is 4.80. The zero-order chi connectivity index (χ0) is 12.1. The van der Waals surface area contributed by atoms with E-state index in [1.54, 1.807) is 0 Å². The molecule has 2 rings (SSSR count). The van der Waals surface area contributed by atoms with Gasteiger partial charge in [0.1, 0.15) is 0 Å². The first kappa shape index (κ1) is 12.5. The Labute approximate surface area is 104 Å². The van der Waals surface area contributed by atoms with Gasteiger partial charge in [0.05, 0.1) is 6.10 Å². The Hall–Kier alpha value is -0.930. The molecule has 0 aliphatic heterocycles. The fraction of sp³-hybridized carbons (Fsp3) is 0.643. The fourth-order valence-electron chi connectivity index (χ4n) is 2.41. The maximum Gasteiger partial charge on any atom is 0.0586 e. The smallest absolute Gasteiger partial charge is 0.0586 e. The molecule has 1 aromatic rings. The van der Waals surface area contributed by atoms with Crippen molar-refractivity contribution in [2.75, 3.05) is 7.11 Å². The van der Waals surface area contributed by atoms with Crippen molar-refractivity contribution < 1.29 is 4.74 Å². The number of methoxy groups -OCH3 is 1. The summed E-state index contributed by atoms with van der Waals surface area (Å²) >= 11 is 0. The lowest BCUT2D eigenvalue weighted by molar-refractivity contribution is 0.0586. The Balaban J connectivity index is 1.79. The first-order valence-electron chi connectivity index (χ1n) is 6.45. The van der Waals surface area contributed by atoms with Crippen LogP contribution in [0.5, 0.6) is 0 Å². The number of rotatable bonds is 4. The third-order valence-corrected chi connectivity index (χ3v) is 3.53. The molecule has 3 heteroatoms. The highest BCUT2D eigenvalue weighted by atomic mass is 16.5. The molecule has 0 bridgehead atoms. The van der Waals surface area contributed by atoms with E-state index in [-0.39, 0.29) is 0 Å². The second kappa shape index (κ2) is 6.12. The maximum absolute atomic E-state index is 5.44. The number of nitrogens with zero attached hydrogens (tertiary/aromatic N) is 1. The molecule has 0 saturated heterocycles. The summed E-state index contributed by atoms with van der Waals surface area (Å²) in [6.45, 7) is 2.93. The van der Waals surface area contributed by atoms with Gasteiger partial charge in [-0.3, -0.25) is 4.98 Å². The second-order valence-corrected chi connectivity index (χ2v) is 4.91. The number of hydrogen-bond donors (Lipinski definition) is 1. The van der Waals surface area contributed by atoms with E-state index >= 15 is 0 Å². The van der Waals surface area contributed by atoms with Gasteiger partial charge in [-0.2, -0.15) is 0 Å². The molecule has 1 fully saturated rings. The molecule has 1 aliphatic rings. The number of pyridine rings is 1. The van der Waals surface area contributed by atoms with Gasteiger partial charge in [-0.1, -0.05) is 6.07 Å².